The van der Waals surface area contributed by atoms with Crippen LogP contribution in [0, 0.1) is 17.4 Å². The lowest BCUT2D eigenvalue weighted by Gasteiger charge is -2.32. The Labute approximate surface area is 102 Å². The van der Waals surface area contributed by atoms with Crippen LogP contribution in [0.5, 0.6) is 0 Å². The number of nitriles is 1. The van der Waals surface area contributed by atoms with E-state index in [0.717, 1.165) is 17.6 Å². The number of hydrogen-bond donors (Lipinski definition) is 0. The summed E-state index contributed by atoms with van der Waals surface area (Å²) in [5.41, 5.74) is 0. The number of thioether (sulfide) groups is 1. The Morgan fingerprint density at radius 1 is 1.56 bits per heavy atom. The normalized spacial score (nSPS) is 19.5. The highest BCUT2D eigenvalue weighted by molar-refractivity contribution is 8.13. The Balaban J connectivity index is 2.42. The average Bonchev–Trinajstić information content (AvgIpc) is 2.29. The maximum Gasteiger partial charge on any atom is 0.208 e. The molecule has 0 spiro atoms. The maximum atomic E-state index is 8.57. The van der Waals surface area contributed by atoms with Gasteiger partial charge in [-0.15, -0.1) is 4.99 Å². The summed E-state index contributed by atoms with van der Waals surface area (Å²) >= 11 is 1.53. The van der Waals surface area contributed by atoms with Crippen molar-refractivity contribution in [3.05, 3.63) is 0 Å². The highest BCUT2D eigenvalue weighted by Crippen LogP contribution is 2.18. The molecule has 0 aromatic rings. The number of piperidine rings is 1. The predicted octanol–water partition coefficient (Wildman–Crippen LogP) is 1.46. The molecule has 1 saturated heterocycles. The van der Waals surface area contributed by atoms with Gasteiger partial charge >= 0.3 is 0 Å². The molecule has 5 heteroatoms. The van der Waals surface area contributed by atoms with E-state index in [1.807, 2.05) is 19.5 Å². The van der Waals surface area contributed by atoms with E-state index in [4.69, 9.17) is 5.26 Å². The van der Waals surface area contributed by atoms with E-state index in [0.29, 0.717) is 0 Å². The monoisotopic (exact) mass is 240 g/mol. The van der Waals surface area contributed by atoms with Gasteiger partial charge < -0.3 is 9.80 Å². The van der Waals surface area contributed by atoms with Crippen molar-refractivity contribution in [3.8, 4) is 6.19 Å². The SMILES string of the molecule is CSC(=NC#N)N(C)CC1CCN(C)CC1. The van der Waals surface area contributed by atoms with Gasteiger partial charge in [0.05, 0.1) is 0 Å². The molecular weight excluding hydrogens is 220 g/mol. The molecule has 0 saturated carbocycles. The second-order valence-electron chi connectivity index (χ2n) is 4.33. The van der Waals surface area contributed by atoms with Crippen LogP contribution < -0.4 is 0 Å². The van der Waals surface area contributed by atoms with Crippen LogP contribution >= 0.6 is 11.8 Å². The van der Waals surface area contributed by atoms with Gasteiger partial charge in [-0.25, -0.2) is 0 Å². The van der Waals surface area contributed by atoms with Gasteiger partial charge in [0.25, 0.3) is 0 Å². The standard InChI is InChI=1S/C11H20N4S/c1-14-6-4-10(5-7-14)8-15(2)11(16-3)13-9-12/h10H,4-8H2,1-3H3. The van der Waals surface area contributed by atoms with Crippen molar-refractivity contribution in [2.45, 2.75) is 12.8 Å². The van der Waals surface area contributed by atoms with Crippen molar-refractivity contribution in [3.63, 3.8) is 0 Å². The van der Waals surface area contributed by atoms with Crippen LogP contribution in [0.1, 0.15) is 12.8 Å². The highest BCUT2D eigenvalue weighted by Gasteiger charge is 2.19. The summed E-state index contributed by atoms with van der Waals surface area (Å²) in [7, 11) is 4.19. The maximum absolute atomic E-state index is 8.57. The second-order valence-corrected chi connectivity index (χ2v) is 5.10. The van der Waals surface area contributed by atoms with E-state index in [1.54, 1.807) is 0 Å². The topological polar surface area (TPSA) is 42.6 Å². The zero-order valence-corrected chi connectivity index (χ0v) is 11.1. The second kappa shape index (κ2) is 6.77. The van der Waals surface area contributed by atoms with Crippen LogP contribution in [0.3, 0.4) is 0 Å². The van der Waals surface area contributed by atoms with E-state index < -0.39 is 0 Å². The third kappa shape index (κ3) is 4.03. The average molecular weight is 240 g/mol. The molecule has 90 valence electrons. The Kier molecular flexibility index (Phi) is 5.64. The Morgan fingerprint density at radius 3 is 2.69 bits per heavy atom. The first-order chi connectivity index (χ1) is 7.67. The molecule has 0 aromatic heterocycles. The van der Waals surface area contributed by atoms with Crippen molar-refractivity contribution in [2.75, 3.05) is 40.0 Å². The van der Waals surface area contributed by atoms with Crippen LogP contribution in [-0.4, -0.2) is 55.0 Å². The lowest BCUT2D eigenvalue weighted by molar-refractivity contribution is 0.201. The fourth-order valence-electron chi connectivity index (χ4n) is 2.04. The number of aliphatic imine (C=N–C) groups is 1. The first-order valence-electron chi connectivity index (χ1n) is 5.57. The number of rotatable bonds is 2. The fraction of sp³-hybridized carbons (Fsp3) is 0.818. The minimum absolute atomic E-state index is 0.734. The van der Waals surface area contributed by atoms with Crippen LogP contribution in [0.2, 0.25) is 0 Å². The molecule has 0 atom stereocenters. The lowest BCUT2D eigenvalue weighted by Crippen LogP contribution is -2.37. The Morgan fingerprint density at radius 2 is 2.19 bits per heavy atom. The van der Waals surface area contributed by atoms with Crippen LogP contribution in [0.4, 0.5) is 0 Å². The van der Waals surface area contributed by atoms with E-state index in [1.165, 1.54) is 37.7 Å². The lowest BCUT2D eigenvalue weighted by atomic mass is 9.97. The fourth-order valence-corrected chi connectivity index (χ4v) is 2.56. The van der Waals surface area contributed by atoms with E-state index in [-0.39, 0.29) is 0 Å². The minimum atomic E-state index is 0.734. The predicted molar refractivity (Wildman–Crippen MR) is 69.4 cm³/mol. The Hall–Kier alpha value is -0.730. The number of nitrogens with zero attached hydrogens (tertiary/aromatic N) is 4. The summed E-state index contributed by atoms with van der Waals surface area (Å²) in [6.45, 7) is 3.38. The molecular formula is C11H20N4S. The molecule has 0 amide bonds. The first-order valence-corrected chi connectivity index (χ1v) is 6.80. The van der Waals surface area contributed by atoms with Gasteiger partial charge in [-0.05, 0) is 45.2 Å². The van der Waals surface area contributed by atoms with Gasteiger partial charge in [0.15, 0.2) is 5.17 Å². The number of likely N-dealkylation sites (tertiary alicyclic amines) is 1. The third-order valence-corrected chi connectivity index (χ3v) is 3.79. The number of hydrogen-bond acceptors (Lipinski definition) is 4. The molecule has 1 fully saturated rings. The van der Waals surface area contributed by atoms with Gasteiger partial charge in [0.1, 0.15) is 0 Å². The van der Waals surface area contributed by atoms with Gasteiger partial charge in [0, 0.05) is 13.6 Å². The van der Waals surface area contributed by atoms with E-state index in [2.05, 4.69) is 21.8 Å². The molecule has 0 aliphatic carbocycles. The molecule has 0 bridgehead atoms. The molecule has 1 heterocycles. The summed E-state index contributed by atoms with van der Waals surface area (Å²) < 4.78 is 0. The van der Waals surface area contributed by atoms with Crippen LogP contribution in [0.15, 0.2) is 4.99 Å². The van der Waals surface area contributed by atoms with Crippen molar-refractivity contribution in [2.24, 2.45) is 10.9 Å². The van der Waals surface area contributed by atoms with Crippen molar-refractivity contribution in [1.29, 1.82) is 5.26 Å². The number of amidine groups is 1. The van der Waals surface area contributed by atoms with Crippen molar-refractivity contribution >= 4 is 16.9 Å². The summed E-state index contributed by atoms with van der Waals surface area (Å²) in [5.74, 6) is 0.734. The molecule has 1 aliphatic rings. The Bertz CT molecular complexity index is 276. The van der Waals surface area contributed by atoms with Crippen LogP contribution in [0.25, 0.3) is 0 Å². The van der Waals surface area contributed by atoms with Gasteiger partial charge in [0.2, 0.25) is 6.19 Å². The molecule has 0 unspecified atom stereocenters. The molecule has 0 aromatic carbocycles. The van der Waals surface area contributed by atoms with Gasteiger partial charge in [-0.2, -0.15) is 5.26 Å². The summed E-state index contributed by atoms with van der Waals surface area (Å²) in [4.78, 5) is 8.30. The molecule has 16 heavy (non-hydrogen) atoms. The molecule has 1 aliphatic heterocycles. The van der Waals surface area contributed by atoms with Crippen LogP contribution in [-0.2, 0) is 0 Å². The summed E-state index contributed by atoms with van der Waals surface area (Å²) in [6.07, 6.45) is 6.31. The molecule has 0 radical (unpaired) electrons. The highest BCUT2D eigenvalue weighted by atomic mass is 32.2. The third-order valence-electron chi connectivity index (χ3n) is 3.02. The smallest absolute Gasteiger partial charge is 0.208 e. The molecule has 0 N–H and O–H groups in total. The molecule has 4 nitrogen and oxygen atoms in total. The van der Waals surface area contributed by atoms with Gasteiger partial charge in [-0.3, -0.25) is 0 Å². The summed E-state index contributed by atoms with van der Waals surface area (Å²) in [5, 5.41) is 9.39. The van der Waals surface area contributed by atoms with Crippen molar-refractivity contribution in [1.82, 2.24) is 9.80 Å². The quantitative estimate of drug-likeness (QED) is 0.416. The summed E-state index contributed by atoms with van der Waals surface area (Å²) in [6, 6.07) is 0. The molecule has 1 rings (SSSR count). The zero-order chi connectivity index (χ0) is 12.0. The van der Waals surface area contributed by atoms with Gasteiger partial charge in [-0.1, -0.05) is 11.8 Å². The van der Waals surface area contributed by atoms with Crippen molar-refractivity contribution < 1.29 is 0 Å². The zero-order valence-electron chi connectivity index (χ0n) is 10.3. The van der Waals surface area contributed by atoms with E-state index >= 15 is 0 Å². The minimum Gasteiger partial charge on any atom is -0.353 e. The first kappa shape index (κ1) is 13.3. The van der Waals surface area contributed by atoms with E-state index in [9.17, 15) is 0 Å². The largest absolute Gasteiger partial charge is 0.353 e.